The first kappa shape index (κ1) is 9.43. The molecule has 0 spiro atoms. The largest absolute Gasteiger partial charge is 0.442 e. The fraction of sp³-hybridized carbons (Fsp3) is 0.556. The van der Waals surface area contributed by atoms with E-state index < -0.39 is 11.8 Å². The maximum Gasteiger partial charge on any atom is 0.442 e. The minimum Gasteiger partial charge on any atom is -0.166 e. The highest BCUT2D eigenvalue weighted by Gasteiger charge is 2.65. The Morgan fingerprint density at radius 1 is 1.43 bits per heavy atom. The van der Waals surface area contributed by atoms with E-state index in [0.717, 1.165) is 0 Å². The van der Waals surface area contributed by atoms with Gasteiger partial charge in [-0.1, -0.05) is 25.2 Å². The fourth-order valence-electron chi connectivity index (χ4n) is 1.43. The fourth-order valence-corrected chi connectivity index (χ4v) is 1.43. The maximum atomic E-state index is 12.5. The lowest BCUT2D eigenvalue weighted by Crippen LogP contribution is -2.34. The number of nitrogens with zero attached hydrogens (tertiary/aromatic N) is 2. The van der Waals surface area contributed by atoms with E-state index >= 15 is 0 Å². The molecule has 5 heteroatoms. The topological polar surface area (TPSA) is 24.7 Å². The smallest absolute Gasteiger partial charge is 0.166 e. The number of halogens is 3. The van der Waals surface area contributed by atoms with Gasteiger partial charge in [-0.25, -0.2) is 0 Å². The molecule has 14 heavy (non-hydrogen) atoms. The van der Waals surface area contributed by atoms with Crippen LogP contribution in [0.3, 0.4) is 0 Å². The van der Waals surface area contributed by atoms with Crippen LogP contribution >= 0.6 is 0 Å². The van der Waals surface area contributed by atoms with Crippen LogP contribution in [0.4, 0.5) is 13.2 Å². The van der Waals surface area contributed by atoms with Gasteiger partial charge in [0.2, 0.25) is 0 Å². The molecular formula is C9H9F3N2. The molecule has 1 atom stereocenters. The molecule has 0 bridgehead atoms. The number of hydrogen-bond donors (Lipinski definition) is 0. The first-order valence-electron chi connectivity index (χ1n) is 4.35. The van der Waals surface area contributed by atoms with E-state index in [0.29, 0.717) is 12.3 Å². The summed E-state index contributed by atoms with van der Waals surface area (Å²) in [5.41, 5.74) is -2.08. The van der Waals surface area contributed by atoms with E-state index in [1.165, 1.54) is 6.08 Å². The Kier molecular flexibility index (Phi) is 1.81. The lowest BCUT2D eigenvalue weighted by Gasteiger charge is -2.19. The highest BCUT2D eigenvalue weighted by atomic mass is 19.4. The van der Waals surface area contributed by atoms with Gasteiger partial charge in [0.1, 0.15) is 0 Å². The molecule has 0 N–H and O–H groups in total. The maximum absolute atomic E-state index is 12.5. The molecular weight excluding hydrogens is 193 g/mol. The third-order valence-corrected chi connectivity index (χ3v) is 2.41. The van der Waals surface area contributed by atoms with Crippen LogP contribution < -0.4 is 0 Å². The molecule has 0 aromatic carbocycles. The molecule has 0 radical (unpaired) electrons. The summed E-state index contributed by atoms with van der Waals surface area (Å²) >= 11 is 0. The molecule has 2 rings (SSSR count). The lowest BCUT2D eigenvalue weighted by molar-refractivity contribution is -0.153. The van der Waals surface area contributed by atoms with Crippen LogP contribution in [0.25, 0.3) is 0 Å². The van der Waals surface area contributed by atoms with Crippen molar-refractivity contribution >= 4 is 0 Å². The molecule has 1 unspecified atom stereocenters. The van der Waals surface area contributed by atoms with Gasteiger partial charge in [-0.3, -0.25) is 0 Å². The lowest BCUT2D eigenvalue weighted by atomic mass is 9.92. The summed E-state index contributed by atoms with van der Waals surface area (Å²) in [5, 5.41) is 6.27. The van der Waals surface area contributed by atoms with Crippen LogP contribution in [0.15, 0.2) is 34.0 Å². The Balaban J connectivity index is 2.22. The Bertz CT molecular complexity index is 332. The van der Waals surface area contributed by atoms with Gasteiger partial charge in [0.15, 0.2) is 0 Å². The Labute approximate surface area is 79.2 Å². The summed E-state index contributed by atoms with van der Waals surface area (Å²) in [6.07, 6.45) is 1.02. The molecule has 0 saturated carbocycles. The predicted molar refractivity (Wildman–Crippen MR) is 44.6 cm³/mol. The Morgan fingerprint density at radius 3 is 2.43 bits per heavy atom. The van der Waals surface area contributed by atoms with Crippen molar-refractivity contribution in [3.8, 4) is 0 Å². The second kappa shape index (κ2) is 2.68. The highest BCUT2D eigenvalue weighted by Crippen LogP contribution is 2.50. The Morgan fingerprint density at radius 2 is 2.07 bits per heavy atom. The van der Waals surface area contributed by atoms with Crippen LogP contribution in [-0.4, -0.2) is 11.8 Å². The zero-order chi connectivity index (χ0) is 10.4. The number of allylic oxidation sites excluding steroid dienone is 2. The number of rotatable bonds is 1. The van der Waals surface area contributed by atoms with E-state index in [1.807, 2.05) is 6.92 Å². The molecule has 2 aliphatic rings. The molecule has 0 saturated heterocycles. The highest BCUT2D eigenvalue weighted by molar-refractivity contribution is 5.38. The van der Waals surface area contributed by atoms with E-state index in [-0.39, 0.29) is 5.57 Å². The van der Waals surface area contributed by atoms with Gasteiger partial charge in [-0.15, -0.1) is 10.2 Å². The first-order chi connectivity index (χ1) is 6.46. The van der Waals surface area contributed by atoms with E-state index in [9.17, 15) is 13.2 Å². The van der Waals surface area contributed by atoms with Crippen LogP contribution in [0.1, 0.15) is 13.3 Å². The van der Waals surface area contributed by atoms with Gasteiger partial charge in [0.05, 0.1) is 0 Å². The SMILES string of the molecule is CC1C=CC(C2(C(F)(F)F)N=N2)=CC1. The third kappa shape index (κ3) is 1.27. The average molecular weight is 202 g/mol. The summed E-state index contributed by atoms with van der Waals surface area (Å²) in [4.78, 5) is 0. The van der Waals surface area contributed by atoms with Crippen molar-refractivity contribution in [1.82, 2.24) is 0 Å². The second-order valence-electron chi connectivity index (χ2n) is 3.60. The van der Waals surface area contributed by atoms with Gasteiger partial charge in [-0.05, 0) is 12.3 Å². The van der Waals surface area contributed by atoms with Crippen molar-refractivity contribution in [2.45, 2.75) is 25.2 Å². The summed E-state index contributed by atoms with van der Waals surface area (Å²) < 4.78 is 37.5. The van der Waals surface area contributed by atoms with Gasteiger partial charge in [-0.2, -0.15) is 13.2 Å². The molecule has 0 fully saturated rings. The standard InChI is InChI=1S/C9H9F3N2/c1-6-2-4-7(5-3-6)8(13-14-8)9(10,11)12/h2,4-6H,3H2,1H3. The zero-order valence-corrected chi connectivity index (χ0v) is 7.54. The van der Waals surface area contributed by atoms with Gasteiger partial charge in [0.25, 0.3) is 0 Å². The summed E-state index contributed by atoms with van der Waals surface area (Å²) in [7, 11) is 0. The molecule has 0 amide bonds. The minimum absolute atomic E-state index is 0.156. The third-order valence-electron chi connectivity index (χ3n) is 2.41. The van der Waals surface area contributed by atoms with Crippen molar-refractivity contribution < 1.29 is 13.2 Å². The monoisotopic (exact) mass is 202 g/mol. The summed E-state index contributed by atoms with van der Waals surface area (Å²) in [6, 6.07) is 0. The molecule has 1 aliphatic carbocycles. The van der Waals surface area contributed by atoms with Crippen LogP contribution in [0, 0.1) is 5.92 Å². The van der Waals surface area contributed by atoms with E-state index in [1.54, 1.807) is 12.2 Å². The van der Waals surface area contributed by atoms with Crippen LogP contribution in [0.5, 0.6) is 0 Å². The van der Waals surface area contributed by atoms with Crippen LogP contribution in [-0.2, 0) is 0 Å². The Hall–Kier alpha value is -1.13. The van der Waals surface area contributed by atoms with Gasteiger partial charge < -0.3 is 0 Å². The zero-order valence-electron chi connectivity index (χ0n) is 7.54. The minimum atomic E-state index is -4.40. The predicted octanol–water partition coefficient (Wildman–Crippen LogP) is 3.23. The summed E-state index contributed by atoms with van der Waals surface area (Å²) in [6.45, 7) is 1.95. The molecule has 2 nitrogen and oxygen atoms in total. The number of alkyl halides is 3. The van der Waals surface area contributed by atoms with Gasteiger partial charge >= 0.3 is 11.8 Å². The van der Waals surface area contributed by atoms with Crippen LogP contribution in [0.2, 0.25) is 0 Å². The molecule has 0 aromatic rings. The first-order valence-corrected chi connectivity index (χ1v) is 4.35. The molecule has 1 aliphatic heterocycles. The van der Waals surface area contributed by atoms with Crippen molar-refractivity contribution in [3.05, 3.63) is 23.8 Å². The van der Waals surface area contributed by atoms with Crippen molar-refractivity contribution in [1.29, 1.82) is 0 Å². The molecule has 76 valence electrons. The van der Waals surface area contributed by atoms with Crippen molar-refractivity contribution in [3.63, 3.8) is 0 Å². The normalized spacial score (nSPS) is 28.9. The second-order valence-corrected chi connectivity index (χ2v) is 3.60. The van der Waals surface area contributed by atoms with Crippen molar-refractivity contribution in [2.24, 2.45) is 16.1 Å². The van der Waals surface area contributed by atoms with E-state index in [4.69, 9.17) is 0 Å². The average Bonchev–Trinajstić information content (AvgIpc) is 2.84. The van der Waals surface area contributed by atoms with E-state index in [2.05, 4.69) is 10.2 Å². The molecule has 0 aromatic heterocycles. The molecule has 1 heterocycles. The number of hydrogen-bond acceptors (Lipinski definition) is 2. The summed E-state index contributed by atoms with van der Waals surface area (Å²) in [5.74, 6) is 0.294. The van der Waals surface area contributed by atoms with Gasteiger partial charge in [0, 0.05) is 5.57 Å². The van der Waals surface area contributed by atoms with Crippen molar-refractivity contribution in [2.75, 3.05) is 0 Å². The quantitative estimate of drug-likeness (QED) is 0.623.